The predicted molar refractivity (Wildman–Crippen MR) is 115 cm³/mol. The molecule has 2 aromatic carbocycles. The first kappa shape index (κ1) is 20.8. The fraction of sp³-hybridized carbons (Fsp3) is 0.300. The summed E-state index contributed by atoms with van der Waals surface area (Å²) in [5, 5.41) is 14.6. The summed E-state index contributed by atoms with van der Waals surface area (Å²) in [5.74, 6) is 1.01. The van der Waals surface area contributed by atoms with E-state index in [4.69, 9.17) is 14.2 Å². The molecule has 0 atom stereocenters. The molecule has 31 heavy (non-hydrogen) atoms. The molecule has 10 nitrogen and oxygen atoms in total. The van der Waals surface area contributed by atoms with Crippen LogP contribution in [0.5, 0.6) is 17.2 Å². The summed E-state index contributed by atoms with van der Waals surface area (Å²) in [4.78, 5) is 30.9. The Morgan fingerprint density at radius 3 is 2.81 bits per heavy atom. The number of hydrogen-bond donors (Lipinski definition) is 2. The van der Waals surface area contributed by atoms with E-state index in [9.17, 15) is 14.9 Å². The number of carbonyl (C=O) groups excluding carboxylic acids is 1. The lowest BCUT2D eigenvalue weighted by Gasteiger charge is -2.11. The molecular formula is C20H20N4O6S. The first-order valence-corrected chi connectivity index (χ1v) is 10.7. The van der Waals surface area contributed by atoms with Gasteiger partial charge < -0.3 is 24.5 Å². The molecule has 0 saturated carbocycles. The monoisotopic (exact) mass is 444 g/mol. The molecule has 0 aliphatic carbocycles. The highest BCUT2D eigenvalue weighted by Crippen LogP contribution is 2.39. The second-order valence-electron chi connectivity index (χ2n) is 6.61. The SMILES string of the molecule is CCOc1ccc2nc(SCC(=O)Nc3cc4c(cc3[N+](=O)[O-])OCCCO4)[nH]c2c1. The standard InChI is InChI=1S/C20H20N4O6S/c1-2-28-12-4-5-13-14(8-12)23-20(22-13)31-11-19(25)21-15-9-17-18(10-16(15)24(26)27)30-7-3-6-29-17/h4-5,8-10H,2-3,6-7,11H2,1H3,(H,21,25)(H,22,23). The Morgan fingerprint density at radius 1 is 1.29 bits per heavy atom. The fourth-order valence-corrected chi connectivity index (χ4v) is 3.74. The largest absolute Gasteiger partial charge is 0.494 e. The molecule has 2 N–H and O–H groups in total. The Hall–Kier alpha value is -3.47. The van der Waals surface area contributed by atoms with Crippen LogP contribution in [0.3, 0.4) is 0 Å². The number of fused-ring (bicyclic) bond motifs is 2. The molecule has 0 unspecified atom stereocenters. The topological polar surface area (TPSA) is 129 Å². The van der Waals surface area contributed by atoms with Gasteiger partial charge in [-0.25, -0.2) is 4.98 Å². The molecule has 162 valence electrons. The van der Waals surface area contributed by atoms with Crippen molar-refractivity contribution < 1.29 is 23.9 Å². The third-order valence-corrected chi connectivity index (χ3v) is 5.29. The molecule has 3 aromatic rings. The number of nitro groups is 1. The maximum absolute atomic E-state index is 12.5. The number of nitrogens with one attached hydrogen (secondary N) is 2. The number of nitrogens with zero attached hydrogens (tertiary/aromatic N) is 2. The third kappa shape index (κ3) is 4.82. The van der Waals surface area contributed by atoms with Crippen LogP contribution >= 0.6 is 11.8 Å². The Balaban J connectivity index is 1.45. The van der Waals surface area contributed by atoms with Crippen molar-refractivity contribution in [2.24, 2.45) is 0 Å². The van der Waals surface area contributed by atoms with Gasteiger partial charge in [0, 0.05) is 18.6 Å². The van der Waals surface area contributed by atoms with Crippen LogP contribution in [-0.2, 0) is 4.79 Å². The van der Waals surface area contributed by atoms with E-state index in [2.05, 4.69) is 15.3 Å². The van der Waals surface area contributed by atoms with E-state index in [1.165, 1.54) is 23.9 Å². The first-order valence-electron chi connectivity index (χ1n) is 9.66. The van der Waals surface area contributed by atoms with Gasteiger partial charge >= 0.3 is 0 Å². The van der Waals surface area contributed by atoms with Crippen LogP contribution in [0.2, 0.25) is 0 Å². The summed E-state index contributed by atoms with van der Waals surface area (Å²) in [6.07, 6.45) is 0.671. The zero-order chi connectivity index (χ0) is 21.8. The van der Waals surface area contributed by atoms with Crippen LogP contribution in [0.25, 0.3) is 11.0 Å². The minimum Gasteiger partial charge on any atom is -0.494 e. The van der Waals surface area contributed by atoms with Crippen molar-refractivity contribution in [1.82, 2.24) is 9.97 Å². The van der Waals surface area contributed by atoms with E-state index in [-0.39, 0.29) is 17.1 Å². The molecule has 1 aromatic heterocycles. The minimum absolute atomic E-state index is 0.0176. The van der Waals surface area contributed by atoms with Crippen LogP contribution in [-0.4, -0.2) is 46.4 Å². The molecule has 11 heteroatoms. The quantitative estimate of drug-likeness (QED) is 0.320. The van der Waals surface area contributed by atoms with Crippen LogP contribution in [0.15, 0.2) is 35.5 Å². The number of hydrogen-bond acceptors (Lipinski definition) is 8. The van der Waals surface area contributed by atoms with Gasteiger partial charge in [0.05, 0.1) is 47.6 Å². The van der Waals surface area contributed by atoms with E-state index in [1.807, 2.05) is 25.1 Å². The van der Waals surface area contributed by atoms with E-state index in [0.717, 1.165) is 16.8 Å². The summed E-state index contributed by atoms with van der Waals surface area (Å²) in [7, 11) is 0. The van der Waals surface area contributed by atoms with Crippen molar-refractivity contribution in [3.8, 4) is 17.2 Å². The molecule has 1 amide bonds. The Morgan fingerprint density at radius 2 is 2.06 bits per heavy atom. The van der Waals surface area contributed by atoms with E-state index >= 15 is 0 Å². The third-order valence-electron chi connectivity index (χ3n) is 4.42. The smallest absolute Gasteiger partial charge is 0.296 e. The molecule has 0 radical (unpaired) electrons. The zero-order valence-corrected chi connectivity index (χ0v) is 17.5. The summed E-state index contributed by atoms with van der Waals surface area (Å²) in [6, 6.07) is 8.21. The van der Waals surface area contributed by atoms with E-state index in [1.54, 1.807) is 0 Å². The average Bonchev–Trinajstić information content (AvgIpc) is 3.01. The highest BCUT2D eigenvalue weighted by atomic mass is 32.2. The summed E-state index contributed by atoms with van der Waals surface area (Å²) in [6.45, 7) is 3.32. The predicted octanol–water partition coefficient (Wildman–Crippen LogP) is 3.76. The number of benzene rings is 2. The second kappa shape index (κ2) is 9.13. The number of amides is 1. The molecule has 0 fully saturated rings. The van der Waals surface area contributed by atoms with Gasteiger partial charge in [0.15, 0.2) is 16.7 Å². The zero-order valence-electron chi connectivity index (χ0n) is 16.7. The molecule has 2 heterocycles. The van der Waals surface area contributed by atoms with Gasteiger partial charge in [0.25, 0.3) is 5.69 Å². The second-order valence-corrected chi connectivity index (χ2v) is 7.58. The van der Waals surface area contributed by atoms with Crippen molar-refractivity contribution in [1.29, 1.82) is 0 Å². The number of aromatic amines is 1. The highest BCUT2D eigenvalue weighted by Gasteiger charge is 2.23. The summed E-state index contributed by atoms with van der Waals surface area (Å²) in [5.41, 5.74) is 1.36. The number of carbonyl (C=O) groups is 1. The molecular weight excluding hydrogens is 424 g/mol. The van der Waals surface area contributed by atoms with Gasteiger partial charge in [0.2, 0.25) is 5.91 Å². The first-order chi connectivity index (χ1) is 15.0. The maximum Gasteiger partial charge on any atom is 0.296 e. The number of anilines is 1. The van der Waals surface area contributed by atoms with Crippen LogP contribution in [0, 0.1) is 10.1 Å². The van der Waals surface area contributed by atoms with Crippen molar-refractivity contribution in [2.45, 2.75) is 18.5 Å². The van der Waals surface area contributed by atoms with E-state index < -0.39 is 10.8 Å². The fourth-order valence-electron chi connectivity index (χ4n) is 3.06. The number of rotatable bonds is 7. The van der Waals surface area contributed by atoms with Gasteiger partial charge in [-0.1, -0.05) is 11.8 Å². The molecule has 0 saturated heterocycles. The molecule has 0 spiro atoms. The van der Waals surface area contributed by atoms with Gasteiger partial charge in [-0.05, 0) is 19.1 Å². The molecule has 1 aliphatic heterocycles. The lowest BCUT2D eigenvalue weighted by molar-refractivity contribution is -0.384. The maximum atomic E-state index is 12.5. The van der Waals surface area contributed by atoms with Crippen LogP contribution in [0.4, 0.5) is 11.4 Å². The Kier molecular flexibility index (Phi) is 6.12. The number of aromatic nitrogens is 2. The van der Waals surface area contributed by atoms with Crippen molar-refractivity contribution in [3.63, 3.8) is 0 Å². The van der Waals surface area contributed by atoms with Crippen molar-refractivity contribution in [2.75, 3.05) is 30.9 Å². The lowest BCUT2D eigenvalue weighted by Crippen LogP contribution is -2.15. The van der Waals surface area contributed by atoms with Gasteiger partial charge in [-0.2, -0.15) is 0 Å². The van der Waals surface area contributed by atoms with E-state index in [0.29, 0.717) is 42.9 Å². The lowest BCUT2D eigenvalue weighted by atomic mass is 10.2. The molecule has 0 bridgehead atoms. The number of imidazole rings is 1. The summed E-state index contributed by atoms with van der Waals surface area (Å²) < 4.78 is 16.5. The Labute approximate surface area is 181 Å². The number of ether oxygens (including phenoxy) is 3. The van der Waals surface area contributed by atoms with Crippen molar-refractivity contribution >= 4 is 40.1 Å². The highest BCUT2D eigenvalue weighted by molar-refractivity contribution is 7.99. The average molecular weight is 444 g/mol. The Bertz CT molecular complexity index is 1130. The number of thioether (sulfide) groups is 1. The van der Waals surface area contributed by atoms with Crippen LogP contribution < -0.4 is 19.5 Å². The van der Waals surface area contributed by atoms with Crippen LogP contribution in [0.1, 0.15) is 13.3 Å². The van der Waals surface area contributed by atoms with Gasteiger partial charge in [-0.15, -0.1) is 0 Å². The van der Waals surface area contributed by atoms with Crippen molar-refractivity contribution in [3.05, 3.63) is 40.4 Å². The number of H-pyrrole nitrogens is 1. The normalized spacial score (nSPS) is 12.9. The summed E-state index contributed by atoms with van der Waals surface area (Å²) >= 11 is 1.19. The minimum atomic E-state index is -0.563. The van der Waals surface area contributed by atoms with Gasteiger partial charge in [0.1, 0.15) is 11.4 Å². The van der Waals surface area contributed by atoms with Gasteiger partial charge in [-0.3, -0.25) is 14.9 Å². The molecule has 4 rings (SSSR count). The molecule has 1 aliphatic rings. The number of nitro benzene ring substituents is 1.